The summed E-state index contributed by atoms with van der Waals surface area (Å²) in [5, 5.41) is 3.98. The number of benzene rings is 1. The number of aromatic nitrogens is 2. The van der Waals surface area contributed by atoms with Gasteiger partial charge in [-0.1, -0.05) is 12.1 Å². The quantitative estimate of drug-likeness (QED) is 0.810. The van der Waals surface area contributed by atoms with Gasteiger partial charge in [-0.15, -0.1) is 0 Å². The molecule has 0 aliphatic heterocycles. The predicted octanol–water partition coefficient (Wildman–Crippen LogP) is 2.20. The lowest BCUT2D eigenvalue weighted by molar-refractivity contribution is 0.276. The van der Waals surface area contributed by atoms with Crippen LogP contribution in [0, 0.1) is 0 Å². The molecular weight excluding hydrogens is 230 g/mol. The highest BCUT2D eigenvalue weighted by Gasteiger charge is 2.09. The summed E-state index contributed by atoms with van der Waals surface area (Å²) in [5.41, 5.74) is 0.921. The average molecular weight is 247 g/mol. The van der Waals surface area contributed by atoms with Crippen LogP contribution in [0.3, 0.4) is 0 Å². The maximum absolute atomic E-state index is 5.21. The van der Waals surface area contributed by atoms with Gasteiger partial charge in [-0.25, -0.2) is 0 Å². The third kappa shape index (κ3) is 2.87. The topological polar surface area (TPSA) is 51.4 Å². The Morgan fingerprint density at radius 3 is 2.61 bits per heavy atom. The minimum Gasteiger partial charge on any atom is -0.497 e. The van der Waals surface area contributed by atoms with Gasteiger partial charge in [0.05, 0.1) is 13.7 Å². The van der Waals surface area contributed by atoms with E-state index in [9.17, 15) is 0 Å². The normalized spacial score (nSPS) is 10.9. The molecule has 5 nitrogen and oxygen atoms in total. The second-order valence-corrected chi connectivity index (χ2v) is 4.07. The highest BCUT2D eigenvalue weighted by molar-refractivity contribution is 5.55. The zero-order chi connectivity index (χ0) is 13.0. The minimum atomic E-state index is 0.608. The summed E-state index contributed by atoms with van der Waals surface area (Å²) >= 11 is 0. The monoisotopic (exact) mass is 247 g/mol. The lowest BCUT2D eigenvalue weighted by Crippen LogP contribution is -2.16. The van der Waals surface area contributed by atoms with Crippen LogP contribution in [-0.2, 0) is 6.54 Å². The largest absolute Gasteiger partial charge is 0.497 e. The zero-order valence-corrected chi connectivity index (χ0v) is 10.9. The Balaban J connectivity index is 2.13. The van der Waals surface area contributed by atoms with Crippen LogP contribution in [0.25, 0.3) is 11.4 Å². The van der Waals surface area contributed by atoms with E-state index >= 15 is 0 Å². The van der Waals surface area contributed by atoms with Crippen LogP contribution in [0.15, 0.2) is 28.8 Å². The Morgan fingerprint density at radius 2 is 2.00 bits per heavy atom. The lowest BCUT2D eigenvalue weighted by atomic mass is 10.2. The van der Waals surface area contributed by atoms with E-state index in [1.807, 2.05) is 31.3 Å². The number of rotatable bonds is 5. The van der Waals surface area contributed by atoms with Crippen molar-refractivity contribution in [1.29, 1.82) is 0 Å². The molecule has 0 atom stereocenters. The number of hydrogen-bond donors (Lipinski definition) is 0. The van der Waals surface area contributed by atoms with Gasteiger partial charge in [-0.05, 0) is 37.9 Å². The van der Waals surface area contributed by atoms with Crippen LogP contribution in [0.2, 0.25) is 0 Å². The Bertz CT molecular complexity index is 493. The lowest BCUT2D eigenvalue weighted by Gasteiger charge is -2.08. The van der Waals surface area contributed by atoms with E-state index in [1.54, 1.807) is 7.11 Å². The summed E-state index contributed by atoms with van der Waals surface area (Å²) in [6.07, 6.45) is 0. The van der Waals surface area contributed by atoms with E-state index in [0.717, 1.165) is 17.9 Å². The Kier molecular flexibility index (Phi) is 3.94. The van der Waals surface area contributed by atoms with E-state index in [2.05, 4.69) is 22.0 Å². The van der Waals surface area contributed by atoms with Crippen molar-refractivity contribution < 1.29 is 9.26 Å². The van der Waals surface area contributed by atoms with E-state index < -0.39 is 0 Å². The van der Waals surface area contributed by atoms with Gasteiger partial charge in [0, 0.05) is 5.56 Å². The fourth-order valence-corrected chi connectivity index (χ4v) is 1.52. The van der Waals surface area contributed by atoms with Crippen molar-refractivity contribution >= 4 is 0 Å². The summed E-state index contributed by atoms with van der Waals surface area (Å²) in [7, 11) is 3.65. The highest BCUT2D eigenvalue weighted by atomic mass is 16.5. The van der Waals surface area contributed by atoms with Gasteiger partial charge in [0.2, 0.25) is 11.7 Å². The zero-order valence-electron chi connectivity index (χ0n) is 10.9. The molecule has 2 aromatic rings. The molecule has 1 heterocycles. The number of nitrogens with zero attached hydrogens (tertiary/aromatic N) is 3. The van der Waals surface area contributed by atoms with Crippen molar-refractivity contribution in [3.8, 4) is 17.1 Å². The van der Waals surface area contributed by atoms with Crippen molar-refractivity contribution in [2.45, 2.75) is 13.5 Å². The van der Waals surface area contributed by atoms with Crippen LogP contribution < -0.4 is 4.74 Å². The summed E-state index contributed by atoms with van der Waals surface area (Å²) in [6, 6.07) is 7.58. The van der Waals surface area contributed by atoms with Crippen molar-refractivity contribution in [2.75, 3.05) is 20.7 Å². The van der Waals surface area contributed by atoms with E-state index in [-0.39, 0.29) is 0 Å². The smallest absolute Gasteiger partial charge is 0.241 e. The van der Waals surface area contributed by atoms with E-state index in [0.29, 0.717) is 18.3 Å². The summed E-state index contributed by atoms with van der Waals surface area (Å²) in [6.45, 7) is 3.70. The van der Waals surface area contributed by atoms with Crippen molar-refractivity contribution in [2.24, 2.45) is 0 Å². The Labute approximate surface area is 106 Å². The molecule has 96 valence electrons. The Hall–Kier alpha value is -1.88. The third-order valence-corrected chi connectivity index (χ3v) is 2.76. The molecule has 0 aliphatic rings. The molecule has 0 fully saturated rings. The molecule has 0 radical (unpaired) electrons. The molecule has 0 aliphatic carbocycles. The van der Waals surface area contributed by atoms with Crippen LogP contribution >= 0.6 is 0 Å². The van der Waals surface area contributed by atoms with E-state index in [4.69, 9.17) is 9.26 Å². The summed E-state index contributed by atoms with van der Waals surface area (Å²) in [4.78, 5) is 6.47. The molecule has 0 unspecified atom stereocenters. The number of methoxy groups -OCH3 is 1. The number of ether oxygens (including phenoxy) is 1. The molecule has 0 amide bonds. The average Bonchev–Trinajstić information content (AvgIpc) is 2.87. The van der Waals surface area contributed by atoms with Crippen LogP contribution in [0.5, 0.6) is 5.75 Å². The molecule has 1 aromatic heterocycles. The summed E-state index contributed by atoms with van der Waals surface area (Å²) in [5.74, 6) is 2.05. The number of hydrogen-bond acceptors (Lipinski definition) is 5. The molecule has 1 aromatic carbocycles. The minimum absolute atomic E-state index is 0.608. The van der Waals surface area contributed by atoms with Crippen LogP contribution in [0.4, 0.5) is 0 Å². The maximum atomic E-state index is 5.21. The fourth-order valence-electron chi connectivity index (χ4n) is 1.52. The third-order valence-electron chi connectivity index (χ3n) is 2.76. The highest BCUT2D eigenvalue weighted by Crippen LogP contribution is 2.19. The first-order chi connectivity index (χ1) is 8.72. The van der Waals surface area contributed by atoms with Gasteiger partial charge in [-0.3, -0.25) is 4.90 Å². The maximum Gasteiger partial charge on any atom is 0.241 e. The predicted molar refractivity (Wildman–Crippen MR) is 68.3 cm³/mol. The molecule has 0 spiro atoms. The molecular formula is C13H17N3O2. The van der Waals surface area contributed by atoms with Crippen LogP contribution in [-0.4, -0.2) is 35.7 Å². The first-order valence-electron chi connectivity index (χ1n) is 5.88. The first kappa shape index (κ1) is 12.6. The molecule has 5 heteroatoms. The van der Waals surface area contributed by atoms with Gasteiger partial charge in [-0.2, -0.15) is 4.98 Å². The van der Waals surface area contributed by atoms with Gasteiger partial charge in [0.15, 0.2) is 0 Å². The van der Waals surface area contributed by atoms with E-state index in [1.165, 1.54) is 0 Å². The molecule has 18 heavy (non-hydrogen) atoms. The SMILES string of the molecule is CCN(C)Cc1nc(-c2ccc(OC)cc2)no1. The standard InChI is InChI=1S/C13H17N3O2/c1-4-16(2)9-12-14-13(15-18-12)10-5-7-11(17-3)8-6-10/h5-8H,4,9H2,1-3H3. The van der Waals surface area contributed by atoms with Crippen LogP contribution in [0.1, 0.15) is 12.8 Å². The molecule has 2 rings (SSSR count). The van der Waals surface area contributed by atoms with Crippen molar-refractivity contribution in [3.05, 3.63) is 30.2 Å². The first-order valence-corrected chi connectivity index (χ1v) is 5.88. The van der Waals surface area contributed by atoms with Crippen molar-refractivity contribution in [3.63, 3.8) is 0 Å². The van der Waals surface area contributed by atoms with Gasteiger partial charge >= 0.3 is 0 Å². The van der Waals surface area contributed by atoms with Gasteiger partial charge in [0.1, 0.15) is 5.75 Å². The fraction of sp³-hybridized carbons (Fsp3) is 0.385. The molecule has 0 saturated heterocycles. The molecule has 0 bridgehead atoms. The Morgan fingerprint density at radius 1 is 1.28 bits per heavy atom. The van der Waals surface area contributed by atoms with Crippen molar-refractivity contribution in [1.82, 2.24) is 15.0 Å². The second-order valence-electron chi connectivity index (χ2n) is 4.07. The molecule has 0 saturated carbocycles. The van der Waals surface area contributed by atoms with Gasteiger partial charge < -0.3 is 9.26 Å². The summed E-state index contributed by atoms with van der Waals surface area (Å²) < 4.78 is 10.3. The second kappa shape index (κ2) is 5.64. The van der Waals surface area contributed by atoms with Gasteiger partial charge in [0.25, 0.3) is 0 Å². The molecule has 0 N–H and O–H groups in total.